The number of carbonyl (C=O) groups is 2. The molecule has 0 radical (unpaired) electrons. The quantitative estimate of drug-likeness (QED) is 0.797. The van der Waals surface area contributed by atoms with Crippen molar-refractivity contribution in [2.45, 2.75) is 12.8 Å². The number of nitrogens with one attached hydrogen (secondary N) is 2. The van der Waals surface area contributed by atoms with E-state index in [0.29, 0.717) is 24.8 Å². The third-order valence-electron chi connectivity index (χ3n) is 3.26. The minimum Gasteiger partial charge on any atom is -0.478 e. The first-order valence-electron chi connectivity index (χ1n) is 6.71. The Kier molecular flexibility index (Phi) is 5.41. The van der Waals surface area contributed by atoms with Gasteiger partial charge in [-0.2, -0.15) is 0 Å². The zero-order chi connectivity index (χ0) is 15.2. The summed E-state index contributed by atoms with van der Waals surface area (Å²) < 4.78 is 5.34. The van der Waals surface area contributed by atoms with Crippen LogP contribution in [0, 0.1) is 5.92 Å². The highest BCUT2D eigenvalue weighted by Crippen LogP contribution is 2.21. The van der Waals surface area contributed by atoms with Crippen LogP contribution < -0.4 is 10.6 Å². The fraction of sp³-hybridized carbons (Fsp3) is 0.429. The lowest BCUT2D eigenvalue weighted by Crippen LogP contribution is -2.35. The summed E-state index contributed by atoms with van der Waals surface area (Å²) in [6, 6.07) is 3.92. The molecule has 114 valence electrons. The second kappa shape index (κ2) is 7.28. The third kappa shape index (κ3) is 4.61. The molecule has 6 nitrogen and oxygen atoms in total. The molecule has 0 aromatic heterocycles. The number of anilines is 1. The van der Waals surface area contributed by atoms with Gasteiger partial charge < -0.3 is 20.5 Å². The maximum absolute atomic E-state index is 11.8. The average molecular weight is 313 g/mol. The van der Waals surface area contributed by atoms with Crippen molar-refractivity contribution < 1.29 is 19.4 Å². The number of urea groups is 1. The molecule has 1 saturated heterocycles. The fourth-order valence-corrected chi connectivity index (χ4v) is 2.41. The molecule has 0 bridgehead atoms. The molecule has 1 aromatic rings. The smallest absolute Gasteiger partial charge is 0.337 e. The molecule has 1 aliphatic heterocycles. The molecule has 1 fully saturated rings. The average Bonchev–Trinajstić information content (AvgIpc) is 2.46. The van der Waals surface area contributed by atoms with Gasteiger partial charge in [-0.1, -0.05) is 11.6 Å². The lowest BCUT2D eigenvalue weighted by Gasteiger charge is -2.22. The fourth-order valence-electron chi connectivity index (χ4n) is 2.15. The van der Waals surface area contributed by atoms with E-state index in [1.165, 1.54) is 18.2 Å². The van der Waals surface area contributed by atoms with Crippen molar-refractivity contribution in [2.75, 3.05) is 25.1 Å². The van der Waals surface area contributed by atoms with Crippen molar-refractivity contribution in [1.29, 1.82) is 0 Å². The second-order valence-corrected chi connectivity index (χ2v) is 5.33. The molecule has 3 N–H and O–H groups in total. The van der Waals surface area contributed by atoms with Crippen LogP contribution in [0.15, 0.2) is 18.2 Å². The SMILES string of the molecule is O=C(NCC1CCCOC1)Nc1ccc(C(=O)O)c(Cl)c1. The molecule has 2 rings (SSSR count). The predicted molar refractivity (Wildman–Crippen MR) is 79.0 cm³/mol. The highest BCUT2D eigenvalue weighted by atomic mass is 35.5. The Labute approximate surface area is 127 Å². The second-order valence-electron chi connectivity index (χ2n) is 4.92. The first kappa shape index (κ1) is 15.6. The molecule has 1 atom stereocenters. The lowest BCUT2D eigenvalue weighted by molar-refractivity contribution is 0.0559. The maximum Gasteiger partial charge on any atom is 0.337 e. The Balaban J connectivity index is 1.84. The van der Waals surface area contributed by atoms with Crippen LogP contribution in [-0.2, 0) is 4.74 Å². The van der Waals surface area contributed by atoms with Crippen LogP contribution in [0.3, 0.4) is 0 Å². The largest absolute Gasteiger partial charge is 0.478 e. The van der Waals surface area contributed by atoms with Crippen molar-refractivity contribution >= 4 is 29.3 Å². The molecular weight excluding hydrogens is 296 g/mol. The predicted octanol–water partition coefficient (Wildman–Crippen LogP) is 2.59. The Morgan fingerprint density at radius 3 is 2.86 bits per heavy atom. The molecule has 0 saturated carbocycles. The monoisotopic (exact) mass is 312 g/mol. The maximum atomic E-state index is 11.8. The van der Waals surface area contributed by atoms with E-state index in [1.807, 2.05) is 0 Å². The number of hydrogen-bond donors (Lipinski definition) is 3. The van der Waals surface area contributed by atoms with Gasteiger partial charge in [0.1, 0.15) is 0 Å². The van der Waals surface area contributed by atoms with Crippen molar-refractivity contribution in [2.24, 2.45) is 5.92 Å². The van der Waals surface area contributed by atoms with Crippen LogP contribution >= 0.6 is 11.6 Å². The third-order valence-corrected chi connectivity index (χ3v) is 3.58. The number of rotatable bonds is 4. The highest BCUT2D eigenvalue weighted by molar-refractivity contribution is 6.33. The van der Waals surface area contributed by atoms with Crippen LogP contribution in [0.1, 0.15) is 23.2 Å². The number of carboxylic acid groups (broad SMARTS) is 1. The standard InChI is InChI=1S/C14H17ClN2O4/c15-12-6-10(3-4-11(12)13(18)19)17-14(20)16-7-9-2-1-5-21-8-9/h3-4,6,9H,1-2,5,7-8H2,(H,18,19)(H2,16,17,20). The van der Waals surface area contributed by atoms with E-state index in [0.717, 1.165) is 19.4 Å². The summed E-state index contributed by atoms with van der Waals surface area (Å²) in [5.41, 5.74) is 0.448. The summed E-state index contributed by atoms with van der Waals surface area (Å²) in [7, 11) is 0. The molecular formula is C14H17ClN2O4. The molecule has 0 spiro atoms. The number of benzene rings is 1. The van der Waals surface area contributed by atoms with Gasteiger partial charge in [-0.3, -0.25) is 0 Å². The van der Waals surface area contributed by atoms with Crippen molar-refractivity contribution in [3.05, 3.63) is 28.8 Å². The summed E-state index contributed by atoms with van der Waals surface area (Å²) in [5, 5.41) is 14.3. The summed E-state index contributed by atoms with van der Waals surface area (Å²) in [4.78, 5) is 22.6. The summed E-state index contributed by atoms with van der Waals surface area (Å²) in [5.74, 6) is -0.768. The van der Waals surface area contributed by atoms with Crippen LogP contribution in [0.2, 0.25) is 5.02 Å². The van der Waals surface area contributed by atoms with Gasteiger partial charge in [-0.25, -0.2) is 9.59 Å². The van der Waals surface area contributed by atoms with E-state index in [2.05, 4.69) is 10.6 Å². The number of hydrogen-bond acceptors (Lipinski definition) is 3. The zero-order valence-corrected chi connectivity index (χ0v) is 12.2. The Morgan fingerprint density at radius 2 is 2.24 bits per heavy atom. The summed E-state index contributed by atoms with van der Waals surface area (Å²) in [6.45, 7) is 2.00. The highest BCUT2D eigenvalue weighted by Gasteiger charge is 2.15. The van der Waals surface area contributed by atoms with E-state index >= 15 is 0 Å². The molecule has 1 heterocycles. The number of carbonyl (C=O) groups excluding carboxylic acids is 1. The number of ether oxygens (including phenoxy) is 1. The van der Waals surface area contributed by atoms with Crippen molar-refractivity contribution in [3.63, 3.8) is 0 Å². The number of amides is 2. The molecule has 2 amide bonds. The normalized spacial score (nSPS) is 18.0. The number of carboxylic acids is 1. The van der Waals surface area contributed by atoms with Crippen molar-refractivity contribution in [1.82, 2.24) is 5.32 Å². The molecule has 1 unspecified atom stereocenters. The number of halogens is 1. The van der Waals surface area contributed by atoms with Gasteiger partial charge in [0.2, 0.25) is 0 Å². The summed E-state index contributed by atoms with van der Waals surface area (Å²) >= 11 is 5.84. The summed E-state index contributed by atoms with van der Waals surface area (Å²) in [6.07, 6.45) is 2.06. The molecule has 21 heavy (non-hydrogen) atoms. The van der Waals surface area contributed by atoms with E-state index in [1.54, 1.807) is 0 Å². The van der Waals surface area contributed by atoms with Crippen LogP contribution in [0.25, 0.3) is 0 Å². The first-order valence-corrected chi connectivity index (χ1v) is 7.09. The Morgan fingerprint density at radius 1 is 1.43 bits per heavy atom. The lowest BCUT2D eigenvalue weighted by atomic mass is 10.0. The van der Waals surface area contributed by atoms with Gasteiger partial charge in [-0.05, 0) is 37.0 Å². The van der Waals surface area contributed by atoms with Crippen LogP contribution in [0.4, 0.5) is 10.5 Å². The van der Waals surface area contributed by atoms with E-state index < -0.39 is 5.97 Å². The molecule has 7 heteroatoms. The van der Waals surface area contributed by atoms with Gasteiger partial charge in [0.25, 0.3) is 0 Å². The van der Waals surface area contributed by atoms with E-state index in [9.17, 15) is 9.59 Å². The van der Waals surface area contributed by atoms with Crippen LogP contribution in [0.5, 0.6) is 0 Å². The van der Waals surface area contributed by atoms with Gasteiger partial charge in [0, 0.05) is 18.8 Å². The number of aromatic carboxylic acids is 1. The Hall–Kier alpha value is -1.79. The zero-order valence-electron chi connectivity index (χ0n) is 11.4. The minimum absolute atomic E-state index is 0.00183. The first-order chi connectivity index (χ1) is 10.1. The topological polar surface area (TPSA) is 87.7 Å². The molecule has 1 aliphatic rings. The molecule has 1 aromatic carbocycles. The molecule has 0 aliphatic carbocycles. The van der Waals surface area contributed by atoms with Crippen molar-refractivity contribution in [3.8, 4) is 0 Å². The van der Waals surface area contributed by atoms with Gasteiger partial charge in [-0.15, -0.1) is 0 Å². The van der Waals surface area contributed by atoms with Gasteiger partial charge >= 0.3 is 12.0 Å². The van der Waals surface area contributed by atoms with Gasteiger partial charge in [0.15, 0.2) is 0 Å². The minimum atomic E-state index is -1.10. The van der Waals surface area contributed by atoms with Gasteiger partial charge in [0.05, 0.1) is 17.2 Å². The van der Waals surface area contributed by atoms with E-state index in [4.69, 9.17) is 21.4 Å². The Bertz CT molecular complexity index is 530. The van der Waals surface area contributed by atoms with Crippen LogP contribution in [-0.4, -0.2) is 36.9 Å². The van der Waals surface area contributed by atoms with E-state index in [-0.39, 0.29) is 16.6 Å².